The van der Waals surface area contributed by atoms with Gasteiger partial charge in [-0.05, 0) is 60.1 Å². The predicted molar refractivity (Wildman–Crippen MR) is 111 cm³/mol. The molecule has 9 heteroatoms. The maximum atomic E-state index is 14.5. The van der Waals surface area contributed by atoms with E-state index in [-0.39, 0.29) is 11.9 Å². The number of carbonyl (C=O) groups excluding carboxylic acids is 2. The minimum Gasteiger partial charge on any atom is -0.467 e. The Hall–Kier alpha value is -2.13. The van der Waals surface area contributed by atoms with E-state index in [0.717, 1.165) is 0 Å². The smallest absolute Gasteiger partial charge is 0.467 e. The van der Waals surface area contributed by atoms with Gasteiger partial charge < -0.3 is 24.1 Å². The summed E-state index contributed by atoms with van der Waals surface area (Å²) in [5, 5.41) is 2.51. The lowest BCUT2D eigenvalue weighted by molar-refractivity contribution is -0.143. The molecule has 1 atom stereocenters. The van der Waals surface area contributed by atoms with Gasteiger partial charge in [-0.25, -0.2) is 14.0 Å². The second-order valence-electron chi connectivity index (χ2n) is 9.37. The number of ether oxygens (including phenoxy) is 2. The molecule has 1 heterocycles. The van der Waals surface area contributed by atoms with Crippen LogP contribution in [0.1, 0.15) is 54.0 Å². The maximum absolute atomic E-state index is 14.5. The Bertz CT molecular complexity index is 789. The molecule has 1 aromatic rings. The molecular formula is C21H31BFNO6. The minimum atomic E-state index is -0.999. The summed E-state index contributed by atoms with van der Waals surface area (Å²) >= 11 is 0. The van der Waals surface area contributed by atoms with Crippen LogP contribution in [0.15, 0.2) is 18.2 Å². The van der Waals surface area contributed by atoms with Gasteiger partial charge in [-0.2, -0.15) is 0 Å². The number of hydrogen-bond acceptors (Lipinski definition) is 6. The summed E-state index contributed by atoms with van der Waals surface area (Å²) < 4.78 is 36.4. The zero-order valence-electron chi connectivity index (χ0n) is 18.9. The fourth-order valence-electron chi connectivity index (χ4n) is 2.89. The van der Waals surface area contributed by atoms with Crippen LogP contribution in [-0.2, 0) is 30.0 Å². The average Bonchev–Trinajstić information content (AvgIpc) is 2.81. The van der Waals surface area contributed by atoms with E-state index in [1.54, 1.807) is 26.8 Å². The SMILES string of the molecule is COC(=O)[C@H](Cc1ccc(F)c(B2OC(C)(C)C(C)(C)O2)c1)NC(=O)OC(C)(C)C. The molecule has 2 rings (SSSR count). The highest BCUT2D eigenvalue weighted by molar-refractivity contribution is 6.62. The number of alkyl carbamates (subject to hydrolysis) is 1. The largest absolute Gasteiger partial charge is 0.497 e. The molecule has 1 aromatic carbocycles. The van der Waals surface area contributed by atoms with Crippen LogP contribution in [0.4, 0.5) is 9.18 Å². The molecule has 30 heavy (non-hydrogen) atoms. The van der Waals surface area contributed by atoms with Crippen molar-refractivity contribution in [1.82, 2.24) is 5.32 Å². The van der Waals surface area contributed by atoms with Gasteiger partial charge in [0.25, 0.3) is 0 Å². The molecule has 0 aromatic heterocycles. The zero-order chi connectivity index (χ0) is 22.9. The Kier molecular flexibility index (Phi) is 6.88. The van der Waals surface area contributed by atoms with Crippen molar-refractivity contribution in [2.45, 2.75) is 77.7 Å². The lowest BCUT2D eigenvalue weighted by Crippen LogP contribution is -2.45. The fraction of sp³-hybridized carbons (Fsp3) is 0.619. The van der Waals surface area contributed by atoms with Crippen molar-refractivity contribution in [2.75, 3.05) is 7.11 Å². The van der Waals surface area contributed by atoms with Crippen LogP contribution in [0.2, 0.25) is 0 Å². The molecule has 7 nitrogen and oxygen atoms in total. The van der Waals surface area contributed by atoms with E-state index in [9.17, 15) is 14.0 Å². The number of rotatable bonds is 5. The molecular weight excluding hydrogens is 392 g/mol. The third kappa shape index (κ3) is 5.73. The van der Waals surface area contributed by atoms with E-state index in [4.69, 9.17) is 18.8 Å². The highest BCUT2D eigenvalue weighted by Crippen LogP contribution is 2.36. The summed E-state index contributed by atoms with van der Waals surface area (Å²) in [6.07, 6.45) is -0.662. The quantitative estimate of drug-likeness (QED) is 0.580. The van der Waals surface area contributed by atoms with E-state index >= 15 is 0 Å². The first-order valence-corrected chi connectivity index (χ1v) is 9.86. The third-order valence-electron chi connectivity index (χ3n) is 5.18. The Balaban J connectivity index is 2.23. The van der Waals surface area contributed by atoms with Crippen molar-refractivity contribution >= 4 is 24.6 Å². The van der Waals surface area contributed by atoms with Crippen LogP contribution in [0.3, 0.4) is 0 Å². The number of methoxy groups -OCH3 is 1. The molecule has 1 amide bonds. The molecule has 0 bridgehead atoms. The van der Waals surface area contributed by atoms with Crippen LogP contribution in [-0.4, -0.2) is 49.1 Å². The van der Waals surface area contributed by atoms with Gasteiger partial charge in [0.1, 0.15) is 17.5 Å². The van der Waals surface area contributed by atoms with Crippen molar-refractivity contribution in [3.05, 3.63) is 29.6 Å². The third-order valence-corrected chi connectivity index (χ3v) is 5.18. The molecule has 1 aliphatic heterocycles. The van der Waals surface area contributed by atoms with Gasteiger partial charge in [0.15, 0.2) is 0 Å². The maximum Gasteiger partial charge on any atom is 0.497 e. The first-order valence-electron chi connectivity index (χ1n) is 9.86. The summed E-state index contributed by atoms with van der Waals surface area (Å²) in [5.41, 5.74) is -1.12. The van der Waals surface area contributed by atoms with Crippen LogP contribution in [0.5, 0.6) is 0 Å². The van der Waals surface area contributed by atoms with Crippen LogP contribution in [0, 0.1) is 5.82 Å². The predicted octanol–water partition coefficient (Wildman–Crippen LogP) is 2.73. The second-order valence-corrected chi connectivity index (χ2v) is 9.37. The monoisotopic (exact) mass is 423 g/mol. The van der Waals surface area contributed by atoms with Crippen molar-refractivity contribution < 1.29 is 32.8 Å². The molecule has 1 saturated heterocycles. The Morgan fingerprint density at radius 3 is 2.23 bits per heavy atom. The van der Waals surface area contributed by atoms with Crippen molar-refractivity contribution in [1.29, 1.82) is 0 Å². The zero-order valence-corrected chi connectivity index (χ0v) is 18.9. The molecule has 0 spiro atoms. The van der Waals surface area contributed by atoms with Gasteiger partial charge in [-0.1, -0.05) is 12.1 Å². The minimum absolute atomic E-state index is 0.0820. The number of halogens is 1. The highest BCUT2D eigenvalue weighted by atomic mass is 19.1. The average molecular weight is 423 g/mol. The molecule has 1 aliphatic rings. The molecule has 0 radical (unpaired) electrons. The Morgan fingerprint density at radius 1 is 1.17 bits per heavy atom. The van der Waals surface area contributed by atoms with Gasteiger partial charge in [0.05, 0.1) is 18.3 Å². The lowest BCUT2D eigenvalue weighted by Gasteiger charge is -2.32. The number of benzene rings is 1. The number of esters is 1. The van der Waals surface area contributed by atoms with E-state index in [1.165, 1.54) is 19.2 Å². The van der Waals surface area contributed by atoms with Gasteiger partial charge in [0.2, 0.25) is 0 Å². The first kappa shape index (κ1) is 24.1. The molecule has 0 aliphatic carbocycles. The first-order chi connectivity index (χ1) is 13.6. The fourth-order valence-corrected chi connectivity index (χ4v) is 2.89. The highest BCUT2D eigenvalue weighted by Gasteiger charge is 2.52. The Morgan fingerprint density at radius 2 is 1.73 bits per heavy atom. The second kappa shape index (κ2) is 8.55. The summed E-state index contributed by atoms with van der Waals surface area (Å²) in [6, 6.07) is 3.40. The van der Waals surface area contributed by atoms with Gasteiger partial charge >= 0.3 is 19.2 Å². The number of amides is 1. The van der Waals surface area contributed by atoms with E-state index in [2.05, 4.69) is 5.32 Å². The van der Waals surface area contributed by atoms with Crippen molar-refractivity contribution in [3.63, 3.8) is 0 Å². The van der Waals surface area contributed by atoms with Crippen molar-refractivity contribution in [3.8, 4) is 0 Å². The number of nitrogens with one attached hydrogen (secondary N) is 1. The number of carbonyl (C=O) groups is 2. The molecule has 0 unspecified atom stereocenters. The normalized spacial score (nSPS) is 18.6. The van der Waals surface area contributed by atoms with Gasteiger partial charge in [0, 0.05) is 11.9 Å². The van der Waals surface area contributed by atoms with Crippen LogP contribution < -0.4 is 10.8 Å². The topological polar surface area (TPSA) is 83.1 Å². The van der Waals surface area contributed by atoms with Gasteiger partial charge in [-0.3, -0.25) is 0 Å². The summed E-state index contributed by atoms with van der Waals surface area (Å²) in [7, 11) is 0.345. The Labute approximate surface area is 177 Å². The van der Waals surface area contributed by atoms with Crippen LogP contribution >= 0.6 is 0 Å². The van der Waals surface area contributed by atoms with E-state index in [1.807, 2.05) is 27.7 Å². The lowest BCUT2D eigenvalue weighted by atomic mass is 9.77. The summed E-state index contributed by atoms with van der Waals surface area (Å²) in [6.45, 7) is 12.7. The summed E-state index contributed by atoms with van der Waals surface area (Å²) in [4.78, 5) is 24.3. The molecule has 166 valence electrons. The molecule has 0 saturated carbocycles. The van der Waals surface area contributed by atoms with Crippen molar-refractivity contribution in [2.24, 2.45) is 0 Å². The number of hydrogen-bond donors (Lipinski definition) is 1. The van der Waals surface area contributed by atoms with E-state index < -0.39 is 47.8 Å². The standard InChI is InChI=1S/C21H31BFNO6/c1-19(2,3)28-18(26)24-16(17(25)27-8)12-13-9-10-15(23)14(11-13)22-29-20(4,5)21(6,7)30-22/h9-11,16H,12H2,1-8H3,(H,24,26)/t16-/m0/s1. The van der Waals surface area contributed by atoms with Gasteiger partial charge in [-0.15, -0.1) is 0 Å². The van der Waals surface area contributed by atoms with E-state index in [0.29, 0.717) is 5.56 Å². The summed E-state index contributed by atoms with van der Waals surface area (Å²) in [5.74, 6) is -1.12. The molecule has 1 N–H and O–H groups in total. The van der Waals surface area contributed by atoms with Crippen LogP contribution in [0.25, 0.3) is 0 Å². The molecule has 1 fully saturated rings.